The lowest BCUT2D eigenvalue weighted by atomic mass is 10.1. The molecule has 0 bridgehead atoms. The van der Waals surface area contributed by atoms with Gasteiger partial charge in [-0.25, -0.2) is 8.42 Å². The molecule has 41 heavy (non-hydrogen) atoms. The van der Waals surface area contributed by atoms with Crippen molar-refractivity contribution in [3.05, 3.63) is 92.9 Å². The molecular weight excluding hydrogens is 605 g/mol. The predicted molar refractivity (Wildman–Crippen MR) is 166 cm³/mol. The number of unbranched alkanes of at least 4 members (excludes halogenated alkanes) is 1. The van der Waals surface area contributed by atoms with Crippen LogP contribution in [0.1, 0.15) is 44.2 Å². The van der Waals surface area contributed by atoms with E-state index in [0.29, 0.717) is 23.6 Å². The molecule has 1 N–H and O–H groups in total. The highest BCUT2D eigenvalue weighted by atomic mass is 35.5. The Morgan fingerprint density at radius 2 is 1.59 bits per heavy atom. The molecule has 0 saturated carbocycles. The fourth-order valence-corrected chi connectivity index (χ4v) is 6.14. The summed E-state index contributed by atoms with van der Waals surface area (Å²) in [6.07, 6.45) is 2.00. The third kappa shape index (κ3) is 8.38. The highest BCUT2D eigenvalue weighted by molar-refractivity contribution is 7.92. The number of carbonyl (C=O) groups is 2. The Bertz CT molecular complexity index is 1470. The first-order valence-electron chi connectivity index (χ1n) is 13.3. The van der Waals surface area contributed by atoms with Crippen molar-refractivity contribution in [1.82, 2.24) is 10.2 Å². The minimum Gasteiger partial charge on any atom is -0.354 e. The van der Waals surface area contributed by atoms with Gasteiger partial charge in [0.15, 0.2) is 0 Å². The summed E-state index contributed by atoms with van der Waals surface area (Å²) >= 11 is 18.8. The van der Waals surface area contributed by atoms with E-state index < -0.39 is 28.5 Å². The molecule has 2 amide bonds. The van der Waals surface area contributed by atoms with E-state index in [-0.39, 0.29) is 33.1 Å². The van der Waals surface area contributed by atoms with Gasteiger partial charge in [-0.3, -0.25) is 13.9 Å². The molecule has 7 nitrogen and oxygen atoms in total. The molecule has 3 rings (SSSR count). The van der Waals surface area contributed by atoms with Crippen molar-refractivity contribution in [1.29, 1.82) is 0 Å². The molecule has 0 aliphatic heterocycles. The molecule has 0 aliphatic carbocycles. The molecule has 0 fully saturated rings. The minimum atomic E-state index is -4.22. The number of hydrogen-bond donors (Lipinski definition) is 1. The van der Waals surface area contributed by atoms with E-state index in [2.05, 4.69) is 5.32 Å². The zero-order valence-electron chi connectivity index (χ0n) is 23.2. The average Bonchev–Trinajstić information content (AvgIpc) is 2.94. The fourth-order valence-electron chi connectivity index (χ4n) is 4.24. The van der Waals surface area contributed by atoms with Gasteiger partial charge in [-0.05, 0) is 61.7 Å². The SMILES string of the molecule is CCCCNC(=O)[C@@H](CC)N(Cc1ccccc1Cl)C(=O)CN(c1ccc(Cl)c(Cl)c1)S(=O)(=O)c1ccc(C)cc1. The van der Waals surface area contributed by atoms with Crippen molar-refractivity contribution >= 4 is 62.3 Å². The summed E-state index contributed by atoms with van der Waals surface area (Å²) in [5, 5.41) is 3.71. The first kappa shape index (κ1) is 32.7. The van der Waals surface area contributed by atoms with Crippen molar-refractivity contribution in [2.45, 2.75) is 57.5 Å². The molecule has 0 radical (unpaired) electrons. The standard InChI is InChI=1S/C30H34Cl3N3O4S/c1-4-6-17-34-30(38)28(5-2)35(19-22-9-7-8-10-25(22)31)29(37)20-36(23-13-16-26(32)27(33)18-23)41(39,40)24-14-11-21(3)12-15-24/h7-16,18,28H,4-6,17,19-20H2,1-3H3,(H,34,38)/t28-/m1/s1. The topological polar surface area (TPSA) is 86.8 Å². The molecule has 3 aromatic carbocycles. The van der Waals surface area contributed by atoms with E-state index in [4.69, 9.17) is 34.8 Å². The van der Waals surface area contributed by atoms with Crippen molar-refractivity contribution < 1.29 is 18.0 Å². The van der Waals surface area contributed by atoms with Gasteiger partial charge in [0.2, 0.25) is 11.8 Å². The lowest BCUT2D eigenvalue weighted by Crippen LogP contribution is -2.52. The number of aryl methyl sites for hydroxylation is 1. The number of nitrogens with zero attached hydrogens (tertiary/aromatic N) is 2. The fraction of sp³-hybridized carbons (Fsp3) is 0.333. The van der Waals surface area contributed by atoms with Gasteiger partial charge in [0.1, 0.15) is 12.6 Å². The number of hydrogen-bond acceptors (Lipinski definition) is 4. The number of halogens is 3. The molecule has 220 valence electrons. The third-order valence-corrected chi connectivity index (χ3v) is 9.49. The second kappa shape index (κ2) is 14.9. The van der Waals surface area contributed by atoms with Crippen LogP contribution in [0.25, 0.3) is 0 Å². The van der Waals surface area contributed by atoms with Gasteiger partial charge in [0.25, 0.3) is 10.0 Å². The molecule has 0 saturated heterocycles. The van der Waals surface area contributed by atoms with Crippen LogP contribution >= 0.6 is 34.8 Å². The molecule has 1 atom stereocenters. The van der Waals surface area contributed by atoms with Crippen LogP contribution in [0, 0.1) is 6.92 Å². The Hall–Kier alpha value is -2.78. The summed E-state index contributed by atoms with van der Waals surface area (Å²) < 4.78 is 28.9. The van der Waals surface area contributed by atoms with Crippen LogP contribution < -0.4 is 9.62 Å². The molecule has 0 spiro atoms. The van der Waals surface area contributed by atoms with Gasteiger partial charge >= 0.3 is 0 Å². The first-order chi connectivity index (χ1) is 19.5. The number of nitrogens with one attached hydrogen (secondary N) is 1. The number of amides is 2. The van der Waals surface area contributed by atoms with E-state index in [1.807, 2.05) is 13.8 Å². The van der Waals surface area contributed by atoms with Gasteiger partial charge in [0, 0.05) is 18.1 Å². The zero-order chi connectivity index (χ0) is 30.2. The van der Waals surface area contributed by atoms with Crippen LogP contribution in [0.2, 0.25) is 15.1 Å². The number of sulfonamides is 1. The van der Waals surface area contributed by atoms with E-state index in [0.717, 1.165) is 22.7 Å². The molecule has 0 heterocycles. The second-order valence-electron chi connectivity index (χ2n) is 9.60. The zero-order valence-corrected chi connectivity index (χ0v) is 26.3. The largest absolute Gasteiger partial charge is 0.354 e. The van der Waals surface area contributed by atoms with E-state index in [1.54, 1.807) is 43.3 Å². The van der Waals surface area contributed by atoms with Crippen molar-refractivity contribution in [3.8, 4) is 0 Å². The van der Waals surface area contributed by atoms with Crippen LogP contribution in [-0.4, -0.2) is 44.3 Å². The number of rotatable bonds is 13. The number of carbonyl (C=O) groups excluding carboxylic acids is 2. The molecule has 11 heteroatoms. The van der Waals surface area contributed by atoms with Gasteiger partial charge < -0.3 is 10.2 Å². The first-order valence-corrected chi connectivity index (χ1v) is 15.9. The highest BCUT2D eigenvalue weighted by Gasteiger charge is 2.34. The van der Waals surface area contributed by atoms with Crippen LogP contribution in [0.3, 0.4) is 0 Å². The van der Waals surface area contributed by atoms with Gasteiger partial charge in [-0.2, -0.15) is 0 Å². The Morgan fingerprint density at radius 3 is 2.20 bits per heavy atom. The summed E-state index contributed by atoms with van der Waals surface area (Å²) in [5.41, 5.74) is 1.67. The third-order valence-electron chi connectivity index (χ3n) is 6.59. The number of anilines is 1. The monoisotopic (exact) mass is 637 g/mol. The molecule has 0 aliphatic rings. The lowest BCUT2D eigenvalue weighted by Gasteiger charge is -2.33. The second-order valence-corrected chi connectivity index (χ2v) is 12.7. The average molecular weight is 639 g/mol. The van der Waals surface area contributed by atoms with Gasteiger partial charge in [-0.15, -0.1) is 0 Å². The van der Waals surface area contributed by atoms with Crippen LogP contribution in [0.4, 0.5) is 5.69 Å². The lowest BCUT2D eigenvalue weighted by molar-refractivity contribution is -0.140. The quantitative estimate of drug-likeness (QED) is 0.207. The highest BCUT2D eigenvalue weighted by Crippen LogP contribution is 2.31. The maximum Gasteiger partial charge on any atom is 0.264 e. The normalized spacial score (nSPS) is 12.0. The Labute approximate surface area is 257 Å². The summed E-state index contributed by atoms with van der Waals surface area (Å²) in [6, 6.07) is 16.9. The summed E-state index contributed by atoms with van der Waals surface area (Å²) in [7, 11) is -4.22. The van der Waals surface area contributed by atoms with Crippen molar-refractivity contribution in [2.24, 2.45) is 0 Å². The van der Waals surface area contributed by atoms with Crippen LogP contribution in [-0.2, 0) is 26.2 Å². The van der Waals surface area contributed by atoms with Crippen LogP contribution in [0.15, 0.2) is 71.6 Å². The van der Waals surface area contributed by atoms with Crippen LogP contribution in [0.5, 0.6) is 0 Å². The molecule has 0 unspecified atom stereocenters. The Morgan fingerprint density at radius 1 is 0.902 bits per heavy atom. The van der Waals surface area contributed by atoms with Crippen molar-refractivity contribution in [3.63, 3.8) is 0 Å². The molecular formula is C30H34Cl3N3O4S. The van der Waals surface area contributed by atoms with E-state index in [9.17, 15) is 18.0 Å². The Balaban J connectivity index is 2.07. The molecule has 0 aromatic heterocycles. The Kier molecular flexibility index (Phi) is 11.9. The maximum atomic E-state index is 14.1. The minimum absolute atomic E-state index is 0.00368. The maximum absolute atomic E-state index is 14.1. The molecule has 3 aromatic rings. The van der Waals surface area contributed by atoms with Gasteiger partial charge in [0.05, 0.1) is 20.6 Å². The summed E-state index contributed by atoms with van der Waals surface area (Å²) in [5.74, 6) is -0.895. The van der Waals surface area contributed by atoms with Gasteiger partial charge in [-0.1, -0.05) is 91.0 Å². The summed E-state index contributed by atoms with van der Waals surface area (Å²) in [6.45, 7) is 5.56. The van der Waals surface area contributed by atoms with E-state index >= 15 is 0 Å². The van der Waals surface area contributed by atoms with Crippen molar-refractivity contribution in [2.75, 3.05) is 17.4 Å². The predicted octanol–water partition coefficient (Wildman–Crippen LogP) is 6.87. The number of benzene rings is 3. The smallest absolute Gasteiger partial charge is 0.264 e. The van der Waals surface area contributed by atoms with E-state index in [1.165, 1.54) is 35.2 Å². The summed E-state index contributed by atoms with van der Waals surface area (Å²) in [4.78, 5) is 28.7.